The molecule has 0 heterocycles. The van der Waals surface area contributed by atoms with Gasteiger partial charge in [0.2, 0.25) is 0 Å². The molecule has 0 spiro atoms. The molecular formula is C14H20O6. The molecule has 0 rings (SSSR count). The van der Waals surface area contributed by atoms with Crippen LogP contribution in [0.1, 0.15) is 34.6 Å². The van der Waals surface area contributed by atoms with E-state index in [2.05, 4.69) is 6.58 Å². The zero-order chi connectivity index (χ0) is 15.9. The quantitative estimate of drug-likeness (QED) is 0.423. The highest BCUT2D eigenvalue weighted by Crippen LogP contribution is 2.12. The average molecular weight is 284 g/mol. The Morgan fingerprint density at radius 1 is 1.15 bits per heavy atom. The van der Waals surface area contributed by atoms with Crippen molar-refractivity contribution in [3.8, 4) is 0 Å². The second kappa shape index (κ2) is 7.47. The van der Waals surface area contributed by atoms with E-state index in [0.29, 0.717) is 5.57 Å². The number of allylic oxidation sites excluding steroid dienone is 1. The Bertz CT molecular complexity index is 445. The van der Waals surface area contributed by atoms with Gasteiger partial charge in [-0.15, -0.1) is 0 Å². The minimum atomic E-state index is -1.23. The fraction of sp³-hybridized carbons (Fsp3) is 0.500. The maximum absolute atomic E-state index is 11.4. The van der Waals surface area contributed by atoms with Crippen molar-refractivity contribution in [1.82, 2.24) is 0 Å². The van der Waals surface area contributed by atoms with Gasteiger partial charge in [-0.3, -0.25) is 9.59 Å². The minimum absolute atomic E-state index is 0.0844. The first-order valence-electron chi connectivity index (χ1n) is 5.97. The molecule has 0 atom stereocenters. The van der Waals surface area contributed by atoms with Gasteiger partial charge in [0.1, 0.15) is 12.4 Å². The number of esters is 1. The number of rotatable bonds is 6. The van der Waals surface area contributed by atoms with E-state index in [1.807, 2.05) is 0 Å². The maximum Gasteiger partial charge on any atom is 0.509 e. The maximum atomic E-state index is 11.4. The third-order valence-corrected chi connectivity index (χ3v) is 2.48. The summed E-state index contributed by atoms with van der Waals surface area (Å²) in [6.07, 6.45) is 0.556. The van der Waals surface area contributed by atoms with E-state index in [0.717, 1.165) is 0 Å². The van der Waals surface area contributed by atoms with E-state index in [9.17, 15) is 14.4 Å². The van der Waals surface area contributed by atoms with Gasteiger partial charge in [0.25, 0.3) is 0 Å². The van der Waals surface area contributed by atoms with Crippen LogP contribution in [-0.4, -0.2) is 30.1 Å². The third-order valence-electron chi connectivity index (χ3n) is 2.48. The Labute approximate surface area is 118 Å². The summed E-state index contributed by atoms with van der Waals surface area (Å²) in [6, 6.07) is 0. The zero-order valence-corrected chi connectivity index (χ0v) is 12.4. The molecule has 0 radical (unpaired) electrons. The number of carbonyl (C=O) groups excluding carboxylic acids is 3. The van der Waals surface area contributed by atoms with Crippen LogP contribution in [0.3, 0.4) is 0 Å². The van der Waals surface area contributed by atoms with Gasteiger partial charge in [-0.1, -0.05) is 6.58 Å². The first kappa shape index (κ1) is 17.9. The number of hydrogen-bond acceptors (Lipinski definition) is 6. The molecule has 0 aromatic carbocycles. The van der Waals surface area contributed by atoms with Crippen LogP contribution in [0, 0.1) is 0 Å². The summed E-state index contributed by atoms with van der Waals surface area (Å²) in [7, 11) is 0. The molecule has 0 fully saturated rings. The lowest BCUT2D eigenvalue weighted by molar-refractivity contribution is -0.136. The van der Waals surface area contributed by atoms with Crippen LogP contribution in [0.4, 0.5) is 4.79 Å². The molecule has 0 aliphatic carbocycles. The Balaban J connectivity index is 4.30. The van der Waals surface area contributed by atoms with Crippen LogP contribution < -0.4 is 0 Å². The standard InChI is InChI=1S/C14H20O6/c1-9(10(2)19-12(4)16)7-8-18-13(17)20-14(5,6)11(3)15/h7H,2,8H2,1,3-6H3/b9-7+. The van der Waals surface area contributed by atoms with E-state index >= 15 is 0 Å². The fourth-order valence-corrected chi connectivity index (χ4v) is 0.912. The summed E-state index contributed by atoms with van der Waals surface area (Å²) < 4.78 is 14.4. The molecule has 112 valence electrons. The average Bonchev–Trinajstić information content (AvgIpc) is 2.26. The van der Waals surface area contributed by atoms with Gasteiger partial charge in [0, 0.05) is 6.92 Å². The van der Waals surface area contributed by atoms with Gasteiger partial charge < -0.3 is 14.2 Å². The molecule has 0 aliphatic heterocycles. The predicted molar refractivity (Wildman–Crippen MR) is 71.9 cm³/mol. The van der Waals surface area contributed by atoms with Crippen LogP contribution in [0.5, 0.6) is 0 Å². The highest BCUT2D eigenvalue weighted by Gasteiger charge is 2.28. The molecule has 6 heteroatoms. The van der Waals surface area contributed by atoms with Crippen molar-refractivity contribution in [1.29, 1.82) is 0 Å². The van der Waals surface area contributed by atoms with Crippen LogP contribution in [0.2, 0.25) is 0 Å². The number of ether oxygens (including phenoxy) is 3. The second-order valence-electron chi connectivity index (χ2n) is 4.63. The highest BCUT2D eigenvalue weighted by molar-refractivity contribution is 5.85. The molecule has 0 bridgehead atoms. The van der Waals surface area contributed by atoms with Crippen molar-refractivity contribution in [2.45, 2.75) is 40.2 Å². The number of hydrogen-bond donors (Lipinski definition) is 0. The smallest absolute Gasteiger partial charge is 0.430 e. The van der Waals surface area contributed by atoms with Crippen LogP contribution in [-0.2, 0) is 23.8 Å². The van der Waals surface area contributed by atoms with E-state index in [1.165, 1.54) is 33.8 Å². The van der Waals surface area contributed by atoms with Crippen molar-refractivity contribution in [2.75, 3.05) is 6.61 Å². The SMILES string of the molecule is C=C(OC(C)=O)/C(C)=C/COC(=O)OC(C)(C)C(C)=O. The van der Waals surface area contributed by atoms with Crippen molar-refractivity contribution in [2.24, 2.45) is 0 Å². The van der Waals surface area contributed by atoms with Gasteiger partial charge in [0.15, 0.2) is 11.4 Å². The topological polar surface area (TPSA) is 78.9 Å². The van der Waals surface area contributed by atoms with Crippen molar-refractivity contribution in [3.63, 3.8) is 0 Å². The second-order valence-corrected chi connectivity index (χ2v) is 4.63. The van der Waals surface area contributed by atoms with E-state index in [-0.39, 0.29) is 18.1 Å². The largest absolute Gasteiger partial charge is 0.509 e. The van der Waals surface area contributed by atoms with Gasteiger partial charge in [-0.2, -0.15) is 0 Å². The first-order valence-corrected chi connectivity index (χ1v) is 5.97. The zero-order valence-electron chi connectivity index (χ0n) is 12.4. The fourth-order valence-electron chi connectivity index (χ4n) is 0.912. The molecule has 0 N–H and O–H groups in total. The van der Waals surface area contributed by atoms with Crippen molar-refractivity contribution < 1.29 is 28.6 Å². The summed E-state index contributed by atoms with van der Waals surface area (Å²) in [5.41, 5.74) is -0.671. The monoisotopic (exact) mass is 284 g/mol. The molecule has 0 saturated carbocycles. The predicted octanol–water partition coefficient (Wildman–Crippen LogP) is 2.53. The Kier molecular flexibility index (Phi) is 6.68. The number of carbonyl (C=O) groups is 3. The molecule has 0 amide bonds. The summed E-state index contributed by atoms with van der Waals surface area (Å²) in [4.78, 5) is 33.2. The van der Waals surface area contributed by atoms with Crippen molar-refractivity contribution in [3.05, 3.63) is 24.0 Å². The summed E-state index contributed by atoms with van der Waals surface area (Å²) >= 11 is 0. The van der Waals surface area contributed by atoms with Crippen LogP contribution in [0.25, 0.3) is 0 Å². The summed E-state index contributed by atoms with van der Waals surface area (Å²) in [6.45, 7) is 10.6. The summed E-state index contributed by atoms with van der Waals surface area (Å²) in [5, 5.41) is 0. The van der Waals surface area contributed by atoms with E-state index < -0.39 is 17.7 Å². The molecular weight excluding hydrogens is 264 g/mol. The Morgan fingerprint density at radius 2 is 1.70 bits per heavy atom. The summed E-state index contributed by atoms with van der Waals surface area (Å²) in [5.74, 6) is -0.589. The van der Waals surface area contributed by atoms with Gasteiger partial charge in [0.05, 0.1) is 0 Å². The molecule has 20 heavy (non-hydrogen) atoms. The minimum Gasteiger partial charge on any atom is -0.430 e. The molecule has 0 aliphatic rings. The normalized spacial score (nSPS) is 11.6. The van der Waals surface area contributed by atoms with Gasteiger partial charge in [-0.25, -0.2) is 4.79 Å². The lowest BCUT2D eigenvalue weighted by atomic mass is 10.1. The number of ketones is 1. The molecule has 0 aromatic rings. The van der Waals surface area contributed by atoms with E-state index in [1.54, 1.807) is 6.92 Å². The molecule has 0 saturated heterocycles. The van der Waals surface area contributed by atoms with E-state index in [4.69, 9.17) is 14.2 Å². The van der Waals surface area contributed by atoms with Crippen LogP contribution in [0.15, 0.2) is 24.0 Å². The molecule has 6 nitrogen and oxygen atoms in total. The van der Waals surface area contributed by atoms with Gasteiger partial charge >= 0.3 is 12.1 Å². The first-order chi connectivity index (χ1) is 9.06. The lowest BCUT2D eigenvalue weighted by Crippen LogP contribution is -2.35. The van der Waals surface area contributed by atoms with Crippen molar-refractivity contribution >= 4 is 17.9 Å². The third kappa shape index (κ3) is 6.72. The number of Topliss-reactive ketones (excluding diaryl/α,β-unsaturated/α-hetero) is 1. The Hall–Kier alpha value is -2.11. The van der Waals surface area contributed by atoms with Gasteiger partial charge in [-0.05, 0) is 39.3 Å². The highest BCUT2D eigenvalue weighted by atomic mass is 16.7. The molecule has 0 aromatic heterocycles. The molecule has 0 unspecified atom stereocenters. The lowest BCUT2D eigenvalue weighted by Gasteiger charge is -2.20. The Morgan fingerprint density at radius 3 is 2.15 bits per heavy atom. The van der Waals surface area contributed by atoms with Crippen LogP contribution >= 0.6 is 0 Å².